The Hall–Kier alpha value is -1.81. The van der Waals surface area contributed by atoms with Gasteiger partial charge in [0.25, 0.3) is 0 Å². The predicted molar refractivity (Wildman–Crippen MR) is 95.1 cm³/mol. The molecule has 0 unspecified atom stereocenters. The molecule has 1 aromatic carbocycles. The first kappa shape index (κ1) is 15.1. The third-order valence-electron chi connectivity index (χ3n) is 4.58. The molecule has 1 aromatic heterocycles. The molecule has 3 rings (SSSR count). The topological polar surface area (TPSA) is 31.4 Å². The third-order valence-corrected chi connectivity index (χ3v) is 4.58. The van der Waals surface area contributed by atoms with E-state index in [-0.39, 0.29) is 0 Å². The lowest BCUT2D eigenvalue weighted by molar-refractivity contribution is 0.586. The summed E-state index contributed by atoms with van der Waals surface area (Å²) in [5.41, 5.74) is 2.59. The van der Waals surface area contributed by atoms with Gasteiger partial charge in [-0.05, 0) is 32.4 Å². The number of piperazine rings is 1. The van der Waals surface area contributed by atoms with E-state index in [9.17, 15) is 0 Å². The number of aryl methyl sites for hydroxylation is 1. The first-order valence-electron chi connectivity index (χ1n) is 8.35. The van der Waals surface area contributed by atoms with Crippen LogP contribution in [0.3, 0.4) is 0 Å². The minimum Gasteiger partial charge on any atom is -0.372 e. The van der Waals surface area contributed by atoms with Gasteiger partial charge in [0, 0.05) is 61.9 Å². The molecule has 1 N–H and O–H groups in total. The monoisotopic (exact) mass is 298 g/mol. The summed E-state index contributed by atoms with van der Waals surface area (Å²) < 4.78 is 0. The number of nitrogens with one attached hydrogen (secondary N) is 1. The first-order chi connectivity index (χ1) is 10.8. The number of benzene rings is 1. The van der Waals surface area contributed by atoms with Crippen molar-refractivity contribution >= 4 is 22.3 Å². The van der Waals surface area contributed by atoms with E-state index >= 15 is 0 Å². The molecule has 0 saturated carbocycles. The number of hydrogen-bond acceptors (Lipinski definition) is 4. The SMILES string of the molecule is CCN(CC)c1cccc2c(N3CCNCC3)ncc(C)c12. The molecule has 1 aliphatic heterocycles. The van der Waals surface area contributed by atoms with Crippen molar-refractivity contribution in [3.63, 3.8) is 0 Å². The fourth-order valence-electron chi connectivity index (χ4n) is 3.39. The Labute approximate surface area is 133 Å². The molecule has 2 heterocycles. The van der Waals surface area contributed by atoms with Crippen LogP contribution < -0.4 is 15.1 Å². The summed E-state index contributed by atoms with van der Waals surface area (Å²) in [5.74, 6) is 1.14. The summed E-state index contributed by atoms with van der Waals surface area (Å²) in [4.78, 5) is 9.60. The smallest absolute Gasteiger partial charge is 0.136 e. The second-order valence-corrected chi connectivity index (χ2v) is 5.87. The summed E-state index contributed by atoms with van der Waals surface area (Å²) in [6.07, 6.45) is 2.03. The highest BCUT2D eigenvalue weighted by Crippen LogP contribution is 2.34. The summed E-state index contributed by atoms with van der Waals surface area (Å²) >= 11 is 0. The van der Waals surface area contributed by atoms with Gasteiger partial charge in [0.2, 0.25) is 0 Å². The molecule has 0 atom stereocenters. The lowest BCUT2D eigenvalue weighted by Crippen LogP contribution is -2.44. The summed E-state index contributed by atoms with van der Waals surface area (Å²) in [5, 5.41) is 6.05. The summed E-state index contributed by atoms with van der Waals surface area (Å²) in [6, 6.07) is 6.63. The number of rotatable bonds is 4. The zero-order valence-corrected chi connectivity index (χ0v) is 13.9. The van der Waals surface area contributed by atoms with E-state index < -0.39 is 0 Å². The van der Waals surface area contributed by atoms with Crippen molar-refractivity contribution in [3.05, 3.63) is 30.0 Å². The van der Waals surface area contributed by atoms with Gasteiger partial charge in [0.05, 0.1) is 0 Å². The molecule has 118 valence electrons. The van der Waals surface area contributed by atoms with Crippen LogP contribution in [0.1, 0.15) is 19.4 Å². The van der Waals surface area contributed by atoms with Crippen molar-refractivity contribution in [1.29, 1.82) is 0 Å². The number of hydrogen-bond donors (Lipinski definition) is 1. The van der Waals surface area contributed by atoms with E-state index in [1.165, 1.54) is 22.0 Å². The molecule has 1 aliphatic rings. The Morgan fingerprint density at radius 1 is 1.18 bits per heavy atom. The number of pyridine rings is 1. The van der Waals surface area contributed by atoms with Gasteiger partial charge in [-0.3, -0.25) is 0 Å². The van der Waals surface area contributed by atoms with Crippen LogP contribution in [0.25, 0.3) is 10.8 Å². The van der Waals surface area contributed by atoms with Crippen molar-refractivity contribution in [3.8, 4) is 0 Å². The molecule has 4 nitrogen and oxygen atoms in total. The van der Waals surface area contributed by atoms with Gasteiger partial charge in [-0.15, -0.1) is 0 Å². The molecule has 1 saturated heterocycles. The van der Waals surface area contributed by atoms with Crippen molar-refractivity contribution in [2.45, 2.75) is 20.8 Å². The van der Waals surface area contributed by atoms with E-state index in [2.05, 4.69) is 54.1 Å². The van der Waals surface area contributed by atoms with Gasteiger partial charge >= 0.3 is 0 Å². The van der Waals surface area contributed by atoms with Gasteiger partial charge in [-0.25, -0.2) is 4.98 Å². The standard InChI is InChI=1S/C18H26N4/c1-4-21(5-2)16-8-6-7-15-17(16)14(3)13-20-18(15)22-11-9-19-10-12-22/h6-8,13,19H,4-5,9-12H2,1-3H3. The number of aromatic nitrogens is 1. The largest absolute Gasteiger partial charge is 0.372 e. The fourth-order valence-corrected chi connectivity index (χ4v) is 3.39. The van der Waals surface area contributed by atoms with Crippen LogP contribution in [0.15, 0.2) is 24.4 Å². The van der Waals surface area contributed by atoms with Gasteiger partial charge in [-0.1, -0.05) is 12.1 Å². The van der Waals surface area contributed by atoms with Gasteiger partial charge < -0.3 is 15.1 Å². The third kappa shape index (κ3) is 2.63. The summed E-state index contributed by atoms with van der Waals surface area (Å²) in [7, 11) is 0. The minimum absolute atomic E-state index is 1.03. The van der Waals surface area contributed by atoms with Gasteiger partial charge in [-0.2, -0.15) is 0 Å². The number of anilines is 2. The molecule has 22 heavy (non-hydrogen) atoms. The fraction of sp³-hybridized carbons (Fsp3) is 0.500. The Bertz CT molecular complexity index is 643. The highest BCUT2D eigenvalue weighted by Gasteiger charge is 2.18. The minimum atomic E-state index is 1.03. The normalized spacial score (nSPS) is 15.3. The second-order valence-electron chi connectivity index (χ2n) is 5.87. The van der Waals surface area contributed by atoms with Crippen LogP contribution in [0.2, 0.25) is 0 Å². The first-order valence-corrected chi connectivity index (χ1v) is 8.35. The average molecular weight is 298 g/mol. The Kier molecular flexibility index (Phi) is 4.48. The number of fused-ring (bicyclic) bond motifs is 1. The molecule has 0 spiro atoms. The van der Waals surface area contributed by atoms with Crippen LogP contribution in [0.5, 0.6) is 0 Å². The van der Waals surface area contributed by atoms with E-state index in [0.717, 1.165) is 45.1 Å². The second kappa shape index (κ2) is 6.53. The predicted octanol–water partition coefficient (Wildman–Crippen LogP) is 2.80. The molecule has 0 aliphatic carbocycles. The van der Waals surface area contributed by atoms with Gasteiger partial charge in [0.1, 0.15) is 5.82 Å². The average Bonchev–Trinajstić information content (AvgIpc) is 2.57. The zero-order chi connectivity index (χ0) is 15.5. The molecule has 1 fully saturated rings. The van der Waals surface area contributed by atoms with Crippen molar-refractivity contribution in [1.82, 2.24) is 10.3 Å². The molecule has 0 radical (unpaired) electrons. The van der Waals surface area contributed by atoms with E-state index in [4.69, 9.17) is 4.98 Å². The van der Waals surface area contributed by atoms with Crippen LogP contribution in [-0.4, -0.2) is 44.3 Å². The van der Waals surface area contributed by atoms with Crippen molar-refractivity contribution < 1.29 is 0 Å². The maximum absolute atomic E-state index is 4.76. The highest BCUT2D eigenvalue weighted by molar-refractivity contribution is 6.02. The number of nitrogens with zero attached hydrogens (tertiary/aromatic N) is 3. The Balaban J connectivity index is 2.16. The zero-order valence-electron chi connectivity index (χ0n) is 13.9. The lowest BCUT2D eigenvalue weighted by Gasteiger charge is -2.30. The molecular weight excluding hydrogens is 272 g/mol. The van der Waals surface area contributed by atoms with Crippen molar-refractivity contribution in [2.24, 2.45) is 0 Å². The molecule has 2 aromatic rings. The molecular formula is C18H26N4. The highest BCUT2D eigenvalue weighted by atomic mass is 15.2. The van der Waals surface area contributed by atoms with Gasteiger partial charge in [0.15, 0.2) is 0 Å². The Morgan fingerprint density at radius 3 is 2.59 bits per heavy atom. The van der Waals surface area contributed by atoms with Crippen LogP contribution in [0.4, 0.5) is 11.5 Å². The van der Waals surface area contributed by atoms with Crippen LogP contribution in [-0.2, 0) is 0 Å². The molecule has 4 heteroatoms. The lowest BCUT2D eigenvalue weighted by atomic mass is 10.0. The quantitative estimate of drug-likeness (QED) is 0.940. The maximum atomic E-state index is 4.76. The molecule has 0 bridgehead atoms. The molecule has 0 amide bonds. The van der Waals surface area contributed by atoms with E-state index in [1.54, 1.807) is 0 Å². The Morgan fingerprint density at radius 2 is 1.91 bits per heavy atom. The van der Waals surface area contributed by atoms with E-state index in [1.807, 2.05) is 6.20 Å². The van der Waals surface area contributed by atoms with Crippen LogP contribution in [0, 0.1) is 6.92 Å². The summed E-state index contributed by atoms with van der Waals surface area (Å²) in [6.45, 7) is 12.8. The maximum Gasteiger partial charge on any atom is 0.136 e. The van der Waals surface area contributed by atoms with Crippen molar-refractivity contribution in [2.75, 3.05) is 49.1 Å². The van der Waals surface area contributed by atoms with E-state index in [0.29, 0.717) is 0 Å². The van der Waals surface area contributed by atoms with Crippen LogP contribution >= 0.6 is 0 Å².